The van der Waals surface area contributed by atoms with E-state index in [0.717, 1.165) is 158 Å². The van der Waals surface area contributed by atoms with Crippen molar-refractivity contribution in [2.75, 3.05) is 93.2 Å². The molecular formula is C84H80N20OS. The van der Waals surface area contributed by atoms with Crippen molar-refractivity contribution in [3.63, 3.8) is 0 Å². The van der Waals surface area contributed by atoms with E-state index < -0.39 is 0 Å². The molecule has 528 valence electrons. The second-order valence-electron chi connectivity index (χ2n) is 27.0. The van der Waals surface area contributed by atoms with Gasteiger partial charge in [0, 0.05) is 101 Å². The van der Waals surface area contributed by atoms with Crippen LogP contribution in [-0.2, 0) is 0 Å². The molecule has 3 fully saturated rings. The average Bonchev–Trinajstić information content (AvgIpc) is 1.76. The zero-order valence-corrected chi connectivity index (χ0v) is 60.2. The van der Waals surface area contributed by atoms with Gasteiger partial charge in [-0.25, -0.2) is 43.9 Å². The van der Waals surface area contributed by atoms with Gasteiger partial charge in [-0.15, -0.1) is 11.3 Å². The summed E-state index contributed by atoms with van der Waals surface area (Å²) >= 11 is 1.86. The first kappa shape index (κ1) is 67.1. The number of H-pyrrole nitrogens is 1. The summed E-state index contributed by atoms with van der Waals surface area (Å²) in [6.45, 7) is 17.1. The van der Waals surface area contributed by atoms with E-state index in [4.69, 9.17) is 9.51 Å². The Hall–Kier alpha value is -12.1. The summed E-state index contributed by atoms with van der Waals surface area (Å²) < 4.78 is 11.2. The molecule has 9 aromatic heterocycles. The quantitative estimate of drug-likeness (QED) is 0.102. The third-order valence-electron chi connectivity index (χ3n) is 20.7. The van der Waals surface area contributed by atoms with Crippen molar-refractivity contribution in [2.45, 2.75) is 38.9 Å². The van der Waals surface area contributed by atoms with Crippen LogP contribution in [0.2, 0.25) is 0 Å². The van der Waals surface area contributed by atoms with Crippen molar-refractivity contribution < 1.29 is 4.52 Å². The summed E-state index contributed by atoms with van der Waals surface area (Å²) in [5.74, 6) is 3.74. The van der Waals surface area contributed by atoms with Crippen molar-refractivity contribution in [1.82, 2.24) is 84.1 Å². The average molecular weight is 1420 g/mol. The normalized spacial score (nSPS) is 15.5. The van der Waals surface area contributed by atoms with Crippen LogP contribution in [0.15, 0.2) is 266 Å². The molecule has 0 amide bonds. The second kappa shape index (κ2) is 30.3. The molecule has 12 heterocycles. The lowest BCUT2D eigenvalue weighted by Crippen LogP contribution is -2.48. The molecule has 1 N–H and O–H groups in total. The predicted octanol–water partition coefficient (Wildman–Crippen LogP) is 14.6. The number of nitrogens with zero attached hydrogens (tertiary/aromatic N) is 19. The zero-order valence-electron chi connectivity index (χ0n) is 59.4. The molecule has 0 bridgehead atoms. The molecule has 21 nitrogen and oxygen atoms in total. The van der Waals surface area contributed by atoms with Crippen molar-refractivity contribution in [3.05, 3.63) is 311 Å². The van der Waals surface area contributed by atoms with Gasteiger partial charge in [-0.3, -0.25) is 14.7 Å². The number of hydrogen-bond donors (Lipinski definition) is 1. The molecule has 7 aromatic carbocycles. The van der Waals surface area contributed by atoms with E-state index in [9.17, 15) is 0 Å². The Labute approximate surface area is 618 Å². The number of para-hydroxylation sites is 3. The topological polar surface area (TPSA) is 192 Å². The van der Waals surface area contributed by atoms with Gasteiger partial charge in [0.1, 0.15) is 42.2 Å². The van der Waals surface area contributed by atoms with E-state index in [2.05, 4.69) is 213 Å². The highest BCUT2D eigenvalue weighted by Crippen LogP contribution is 2.39. The number of aryl methyl sites for hydroxylation is 3. The number of benzene rings is 7. The Morgan fingerprint density at radius 3 is 1.17 bits per heavy atom. The maximum atomic E-state index is 5.55. The minimum absolute atomic E-state index is 0.107. The van der Waals surface area contributed by atoms with Gasteiger partial charge in [0.05, 0.1) is 75.6 Å². The fourth-order valence-electron chi connectivity index (χ4n) is 15.5. The summed E-state index contributed by atoms with van der Waals surface area (Å²) in [5.41, 5.74) is 15.4. The highest BCUT2D eigenvalue weighted by atomic mass is 32.1. The highest BCUT2D eigenvalue weighted by Gasteiger charge is 2.34. The van der Waals surface area contributed by atoms with E-state index in [1.807, 2.05) is 155 Å². The second-order valence-corrected chi connectivity index (χ2v) is 28.0. The first-order valence-electron chi connectivity index (χ1n) is 36.2. The number of thiophene rings is 1. The van der Waals surface area contributed by atoms with E-state index in [1.54, 1.807) is 19.0 Å². The van der Waals surface area contributed by atoms with Gasteiger partial charge in [0.2, 0.25) is 0 Å². The molecule has 16 aromatic rings. The molecule has 0 aliphatic carbocycles. The number of fused-ring (bicyclic) bond motifs is 4. The van der Waals surface area contributed by atoms with Gasteiger partial charge in [0.15, 0.2) is 16.9 Å². The standard InChI is InChI=1S/C30H27N7.C27H27N7O.C27H26N6S/c1-3-7-23(8-4-1)28(24-12-11-22-13-14-31-27(22)19-24)35-15-17-36(18-16-35)29-26-20-34-37(30(26)33-21-32-29)25-9-5-2-6-10-25;1-19-24(20(2)35-31-19)25(21-9-5-3-6-10-21)32-13-15-33(16-14-32)26-23-17-30-34(27(23)29-18-28-26)22-11-7-4-8-12-22;1-20-12-17-34-25(20)24(21-8-4-2-5-9-21)31-13-15-32(16-14-31)26-23-18-30-33(27(23)29-19-28-26)22-10-6-3-7-11-22/h1-14,19-21,28,31H,15-18H2;3-12,17-18,25H,13-16H2,1-2H3;2-12,17-19,24H,13-16H2,1H3. The SMILES string of the molecule is Cc1ccsc1C(c1ccccc1)N1CCN(c2ncnc3c2cnn3-c2ccccc2)CC1.Cc1noc(C)c1C(c1ccccc1)N1CCN(c2ncnc3c2cnn3-c2ccccc2)CC1.c1ccc(C(c2ccc3cc[nH]c3c2)N2CCN(c3ncnc4c3cnn4-c3ccccc3)CC2)cc1. The van der Waals surface area contributed by atoms with Crippen LogP contribution < -0.4 is 14.7 Å². The minimum atomic E-state index is 0.107. The lowest BCUT2D eigenvalue weighted by atomic mass is 9.95. The van der Waals surface area contributed by atoms with E-state index in [1.165, 1.54) is 49.2 Å². The third-order valence-corrected chi connectivity index (χ3v) is 21.8. The Bertz CT molecular complexity index is 5550. The highest BCUT2D eigenvalue weighted by molar-refractivity contribution is 7.10. The molecule has 0 saturated carbocycles. The zero-order chi connectivity index (χ0) is 71.3. The van der Waals surface area contributed by atoms with Crippen molar-refractivity contribution in [3.8, 4) is 17.1 Å². The molecule has 22 heteroatoms. The number of aromatic amines is 1. The van der Waals surface area contributed by atoms with Gasteiger partial charge in [-0.05, 0) is 114 Å². The van der Waals surface area contributed by atoms with E-state index in [-0.39, 0.29) is 18.1 Å². The molecule has 3 aliphatic heterocycles. The largest absolute Gasteiger partial charge is 0.361 e. The van der Waals surface area contributed by atoms with Crippen molar-refractivity contribution in [2.24, 2.45) is 0 Å². The number of hydrogen-bond acceptors (Lipinski definition) is 18. The Morgan fingerprint density at radius 2 is 0.774 bits per heavy atom. The maximum Gasteiger partial charge on any atom is 0.168 e. The van der Waals surface area contributed by atoms with Gasteiger partial charge in [0.25, 0.3) is 0 Å². The number of rotatable bonds is 15. The van der Waals surface area contributed by atoms with Crippen LogP contribution in [0.25, 0.3) is 61.1 Å². The van der Waals surface area contributed by atoms with E-state index >= 15 is 0 Å². The smallest absolute Gasteiger partial charge is 0.168 e. The molecule has 0 radical (unpaired) electrons. The number of anilines is 3. The van der Waals surface area contributed by atoms with Crippen LogP contribution in [-0.4, -0.2) is 163 Å². The molecular weight excluding hydrogens is 1340 g/mol. The van der Waals surface area contributed by atoms with Gasteiger partial charge in [-0.1, -0.05) is 163 Å². The van der Waals surface area contributed by atoms with Crippen molar-refractivity contribution >= 4 is 72.8 Å². The first-order valence-corrected chi connectivity index (χ1v) is 37.1. The van der Waals surface area contributed by atoms with Crippen LogP contribution in [0, 0.1) is 20.8 Å². The Kier molecular flexibility index (Phi) is 19.2. The first-order chi connectivity index (χ1) is 52.3. The summed E-state index contributed by atoms with van der Waals surface area (Å²) in [4.78, 5) is 47.3. The molecule has 3 saturated heterocycles. The fourth-order valence-corrected chi connectivity index (χ4v) is 16.6. The van der Waals surface area contributed by atoms with Crippen LogP contribution in [0.4, 0.5) is 17.5 Å². The molecule has 19 rings (SSSR count). The van der Waals surface area contributed by atoms with Crippen LogP contribution in [0.5, 0.6) is 0 Å². The molecule has 3 unspecified atom stereocenters. The number of nitrogens with one attached hydrogen (secondary N) is 1. The van der Waals surface area contributed by atoms with Gasteiger partial charge < -0.3 is 24.2 Å². The third kappa shape index (κ3) is 13.5. The summed E-state index contributed by atoms with van der Waals surface area (Å²) in [6, 6.07) is 74.4. The summed E-state index contributed by atoms with van der Waals surface area (Å²) in [6.07, 6.45) is 12.6. The molecule has 3 aliphatic rings. The van der Waals surface area contributed by atoms with E-state index in [0.29, 0.717) is 0 Å². The minimum Gasteiger partial charge on any atom is -0.361 e. The van der Waals surface area contributed by atoms with Gasteiger partial charge in [-0.2, -0.15) is 15.3 Å². The molecule has 106 heavy (non-hydrogen) atoms. The monoisotopic (exact) mass is 1420 g/mol. The number of piperazine rings is 3. The number of aromatic nitrogens is 14. The van der Waals surface area contributed by atoms with Crippen LogP contribution in [0.3, 0.4) is 0 Å². The fraction of sp³-hybridized carbons (Fsp3) is 0.214. The maximum absolute atomic E-state index is 5.55. The van der Waals surface area contributed by atoms with Crippen LogP contribution in [0.1, 0.15) is 67.8 Å². The lowest BCUT2D eigenvalue weighted by Gasteiger charge is -2.40. The van der Waals surface area contributed by atoms with Crippen molar-refractivity contribution in [1.29, 1.82) is 0 Å². The summed E-state index contributed by atoms with van der Waals surface area (Å²) in [5, 5.41) is 24.5. The predicted molar refractivity (Wildman–Crippen MR) is 420 cm³/mol. The molecule has 0 spiro atoms. The van der Waals surface area contributed by atoms with Gasteiger partial charge >= 0.3 is 0 Å². The Balaban J connectivity index is 0.000000117. The Morgan fingerprint density at radius 1 is 0.387 bits per heavy atom. The lowest BCUT2D eigenvalue weighted by molar-refractivity contribution is 0.210. The van der Waals surface area contributed by atoms with Crippen LogP contribution >= 0.6 is 11.3 Å². The molecule has 3 atom stereocenters. The summed E-state index contributed by atoms with van der Waals surface area (Å²) in [7, 11) is 0.